The van der Waals surface area contributed by atoms with Gasteiger partial charge in [0.05, 0.1) is 0 Å². The molecule has 1 aromatic carbocycles. The van der Waals surface area contributed by atoms with Crippen molar-refractivity contribution in [1.82, 2.24) is 0 Å². The lowest BCUT2D eigenvalue weighted by molar-refractivity contribution is 0.604. The smallest absolute Gasteiger partial charge is 0.126 e. The molecule has 72 valence electrons. The van der Waals surface area contributed by atoms with Crippen LogP contribution in [0.4, 0.5) is 4.39 Å². The lowest BCUT2D eigenvalue weighted by Crippen LogP contribution is -1.97. The molecule has 0 unspecified atom stereocenters. The molecule has 0 fully saturated rings. The summed E-state index contributed by atoms with van der Waals surface area (Å²) in [6.07, 6.45) is 2.74. The second kappa shape index (κ2) is 5.38. The van der Waals surface area contributed by atoms with E-state index in [0.717, 1.165) is 35.7 Å². The molecule has 0 nitrogen and oxygen atoms in total. The van der Waals surface area contributed by atoms with Crippen LogP contribution in [-0.4, -0.2) is 5.33 Å². The van der Waals surface area contributed by atoms with E-state index in [1.54, 1.807) is 12.1 Å². The second-order valence-corrected chi connectivity index (χ2v) is 3.82. The molecule has 0 aliphatic rings. The Balaban J connectivity index is 2.87. The van der Waals surface area contributed by atoms with Crippen LogP contribution in [-0.2, 0) is 12.8 Å². The summed E-state index contributed by atoms with van der Waals surface area (Å²) in [7, 11) is 0. The van der Waals surface area contributed by atoms with E-state index >= 15 is 0 Å². The van der Waals surface area contributed by atoms with Crippen molar-refractivity contribution < 1.29 is 4.39 Å². The van der Waals surface area contributed by atoms with Crippen LogP contribution in [0.3, 0.4) is 0 Å². The van der Waals surface area contributed by atoms with Crippen molar-refractivity contribution in [2.45, 2.75) is 26.2 Å². The largest absolute Gasteiger partial charge is 0.207 e. The van der Waals surface area contributed by atoms with Gasteiger partial charge in [-0.3, -0.25) is 0 Å². The number of hydrogen-bond donors (Lipinski definition) is 0. The van der Waals surface area contributed by atoms with Crippen molar-refractivity contribution >= 4 is 15.9 Å². The zero-order valence-electron chi connectivity index (χ0n) is 7.82. The van der Waals surface area contributed by atoms with Crippen LogP contribution in [0, 0.1) is 5.82 Å². The molecular formula is C11H14BrF. The number of rotatable bonds is 4. The molecule has 13 heavy (non-hydrogen) atoms. The van der Waals surface area contributed by atoms with Gasteiger partial charge in [-0.2, -0.15) is 0 Å². The standard InChI is InChI=1S/C11H14BrF/c1-2-9-5-3-7-11(13)10(9)6-4-8-12/h3,5,7H,2,4,6,8H2,1H3. The Morgan fingerprint density at radius 2 is 2.15 bits per heavy atom. The first kappa shape index (κ1) is 10.7. The normalized spacial score (nSPS) is 10.4. The van der Waals surface area contributed by atoms with Gasteiger partial charge in [-0.25, -0.2) is 4.39 Å². The molecule has 0 heterocycles. The number of benzene rings is 1. The average molecular weight is 245 g/mol. The van der Waals surface area contributed by atoms with Gasteiger partial charge in [-0.1, -0.05) is 35.0 Å². The van der Waals surface area contributed by atoms with Gasteiger partial charge in [0.25, 0.3) is 0 Å². The Bertz CT molecular complexity index is 271. The first-order valence-electron chi connectivity index (χ1n) is 4.61. The molecule has 2 heteroatoms. The zero-order valence-corrected chi connectivity index (χ0v) is 9.40. The minimum atomic E-state index is -0.0553. The SMILES string of the molecule is CCc1cccc(F)c1CCCBr. The number of halogens is 2. The molecule has 0 spiro atoms. The highest BCUT2D eigenvalue weighted by molar-refractivity contribution is 9.09. The van der Waals surface area contributed by atoms with E-state index < -0.39 is 0 Å². The monoisotopic (exact) mass is 244 g/mol. The molecule has 0 aliphatic carbocycles. The summed E-state index contributed by atoms with van der Waals surface area (Å²) in [5.74, 6) is -0.0553. The highest BCUT2D eigenvalue weighted by atomic mass is 79.9. The molecule has 1 rings (SSSR count). The minimum absolute atomic E-state index is 0.0553. The highest BCUT2D eigenvalue weighted by Gasteiger charge is 2.05. The summed E-state index contributed by atoms with van der Waals surface area (Å²) in [5, 5.41) is 0.935. The van der Waals surface area contributed by atoms with Crippen LogP contribution < -0.4 is 0 Å². The van der Waals surface area contributed by atoms with Crippen LogP contribution >= 0.6 is 15.9 Å². The Morgan fingerprint density at radius 3 is 2.77 bits per heavy atom. The van der Waals surface area contributed by atoms with Gasteiger partial charge in [0.2, 0.25) is 0 Å². The quantitative estimate of drug-likeness (QED) is 0.709. The Morgan fingerprint density at radius 1 is 1.38 bits per heavy atom. The van der Waals surface area contributed by atoms with Crippen molar-refractivity contribution in [2.75, 3.05) is 5.33 Å². The summed E-state index contributed by atoms with van der Waals surface area (Å²) in [5.41, 5.74) is 2.03. The molecule has 0 atom stereocenters. The van der Waals surface area contributed by atoms with E-state index in [-0.39, 0.29) is 5.82 Å². The minimum Gasteiger partial charge on any atom is -0.207 e. The van der Waals surface area contributed by atoms with Crippen LogP contribution in [0.2, 0.25) is 0 Å². The van der Waals surface area contributed by atoms with Crippen LogP contribution in [0.15, 0.2) is 18.2 Å². The maximum atomic E-state index is 13.3. The first-order valence-corrected chi connectivity index (χ1v) is 5.74. The van der Waals surface area contributed by atoms with Crippen molar-refractivity contribution in [3.8, 4) is 0 Å². The lowest BCUT2D eigenvalue weighted by atomic mass is 10.0. The summed E-state index contributed by atoms with van der Waals surface area (Å²) in [6.45, 7) is 2.06. The van der Waals surface area contributed by atoms with Crippen LogP contribution in [0.5, 0.6) is 0 Å². The van der Waals surface area contributed by atoms with Crippen molar-refractivity contribution in [1.29, 1.82) is 0 Å². The van der Waals surface area contributed by atoms with Crippen LogP contribution in [0.1, 0.15) is 24.5 Å². The van der Waals surface area contributed by atoms with E-state index in [2.05, 4.69) is 22.9 Å². The Labute approximate surface area is 87.3 Å². The van der Waals surface area contributed by atoms with E-state index in [1.807, 2.05) is 6.07 Å². The second-order valence-electron chi connectivity index (χ2n) is 3.02. The zero-order chi connectivity index (χ0) is 9.68. The van der Waals surface area contributed by atoms with E-state index in [0.29, 0.717) is 0 Å². The number of hydrogen-bond acceptors (Lipinski definition) is 0. The summed E-state index contributed by atoms with van der Waals surface area (Å²) in [4.78, 5) is 0. The van der Waals surface area contributed by atoms with Crippen molar-refractivity contribution in [3.05, 3.63) is 35.1 Å². The molecule has 0 aromatic heterocycles. The van der Waals surface area contributed by atoms with Crippen molar-refractivity contribution in [2.24, 2.45) is 0 Å². The average Bonchev–Trinajstić information content (AvgIpc) is 2.15. The van der Waals surface area contributed by atoms with Gasteiger partial charge >= 0.3 is 0 Å². The fraction of sp³-hybridized carbons (Fsp3) is 0.455. The predicted molar refractivity (Wildman–Crippen MR) is 57.9 cm³/mol. The third kappa shape index (κ3) is 2.80. The fourth-order valence-corrected chi connectivity index (χ4v) is 1.74. The number of alkyl halides is 1. The number of aryl methyl sites for hydroxylation is 1. The fourth-order valence-electron chi connectivity index (χ4n) is 1.46. The molecule has 1 aromatic rings. The Kier molecular flexibility index (Phi) is 4.43. The van der Waals surface area contributed by atoms with E-state index in [1.165, 1.54) is 0 Å². The predicted octanol–water partition coefficient (Wildman–Crippen LogP) is 3.72. The van der Waals surface area contributed by atoms with Gasteiger partial charge in [0.1, 0.15) is 5.82 Å². The molecule has 0 aliphatic heterocycles. The van der Waals surface area contributed by atoms with E-state index in [9.17, 15) is 4.39 Å². The van der Waals surface area contributed by atoms with Crippen LogP contribution in [0.25, 0.3) is 0 Å². The topological polar surface area (TPSA) is 0 Å². The third-order valence-electron chi connectivity index (χ3n) is 2.16. The molecule has 0 radical (unpaired) electrons. The summed E-state index contributed by atoms with van der Waals surface area (Å²) in [6, 6.07) is 5.33. The molecular weight excluding hydrogens is 231 g/mol. The molecule has 0 N–H and O–H groups in total. The van der Waals surface area contributed by atoms with Crippen molar-refractivity contribution in [3.63, 3.8) is 0 Å². The van der Waals surface area contributed by atoms with Gasteiger partial charge in [0, 0.05) is 5.33 Å². The van der Waals surface area contributed by atoms with E-state index in [4.69, 9.17) is 0 Å². The first-order chi connectivity index (χ1) is 6.29. The van der Waals surface area contributed by atoms with Gasteiger partial charge < -0.3 is 0 Å². The highest BCUT2D eigenvalue weighted by Crippen LogP contribution is 2.16. The van der Waals surface area contributed by atoms with Gasteiger partial charge in [0.15, 0.2) is 0 Å². The van der Waals surface area contributed by atoms with Gasteiger partial charge in [-0.15, -0.1) is 0 Å². The molecule has 0 amide bonds. The summed E-state index contributed by atoms with van der Waals surface area (Å²) < 4.78 is 13.3. The lowest BCUT2D eigenvalue weighted by Gasteiger charge is -2.07. The molecule has 0 bridgehead atoms. The summed E-state index contributed by atoms with van der Waals surface area (Å²) >= 11 is 3.36. The maximum Gasteiger partial charge on any atom is 0.126 e. The maximum absolute atomic E-state index is 13.3. The molecule has 0 saturated heterocycles. The van der Waals surface area contributed by atoms with Gasteiger partial charge in [-0.05, 0) is 36.5 Å². The third-order valence-corrected chi connectivity index (χ3v) is 2.72. The molecule has 0 saturated carbocycles. The Hall–Kier alpha value is -0.370.